The van der Waals surface area contributed by atoms with Crippen molar-refractivity contribution in [2.75, 3.05) is 0 Å². The third-order valence-electron chi connectivity index (χ3n) is 0.808. The summed E-state index contributed by atoms with van der Waals surface area (Å²) in [5.74, 6) is -0.887. The molecular formula is C6H10F2O2. The van der Waals surface area contributed by atoms with E-state index in [1.165, 1.54) is 20.8 Å². The van der Waals surface area contributed by atoms with E-state index in [-0.39, 0.29) is 0 Å². The number of hydrogen-bond donors (Lipinski definition) is 0. The molecule has 0 aromatic carbocycles. The lowest BCUT2D eigenvalue weighted by Crippen LogP contribution is -2.24. The fourth-order valence-corrected chi connectivity index (χ4v) is 0.258. The molecule has 0 aliphatic heterocycles. The normalized spacial score (nSPS) is 11.8. The number of halogens is 2. The zero-order chi connectivity index (χ0) is 8.36. The van der Waals surface area contributed by atoms with Crippen molar-refractivity contribution in [1.29, 1.82) is 0 Å². The molecular weight excluding hydrogens is 142 g/mol. The van der Waals surface area contributed by atoms with E-state index >= 15 is 0 Å². The second kappa shape index (κ2) is 2.94. The Morgan fingerprint density at radius 3 is 1.90 bits per heavy atom. The molecule has 4 heteroatoms. The minimum absolute atomic E-state index is 0.851. The van der Waals surface area contributed by atoms with Crippen LogP contribution in [0.4, 0.5) is 8.78 Å². The van der Waals surface area contributed by atoms with Crippen LogP contribution >= 0.6 is 0 Å². The van der Waals surface area contributed by atoms with Crippen molar-refractivity contribution in [3.8, 4) is 0 Å². The maximum Gasteiger partial charge on any atom is 0.389 e. The van der Waals surface area contributed by atoms with Crippen molar-refractivity contribution in [1.82, 2.24) is 0 Å². The zero-order valence-electron chi connectivity index (χ0n) is 6.15. The minimum atomic E-state index is -3.01. The van der Waals surface area contributed by atoms with Crippen LogP contribution in [0.3, 0.4) is 0 Å². The molecule has 0 saturated carbocycles. The Morgan fingerprint density at radius 1 is 1.40 bits per heavy atom. The van der Waals surface area contributed by atoms with Gasteiger partial charge in [0.15, 0.2) is 0 Å². The highest BCUT2D eigenvalue weighted by Crippen LogP contribution is 2.16. The molecule has 0 rings (SSSR count). The highest BCUT2D eigenvalue weighted by molar-refractivity contribution is 5.75. The van der Waals surface area contributed by atoms with Crippen molar-refractivity contribution in [2.45, 2.75) is 27.4 Å². The second-order valence-corrected chi connectivity index (χ2v) is 2.92. The van der Waals surface area contributed by atoms with Gasteiger partial charge in [-0.05, 0) is 20.8 Å². The van der Waals surface area contributed by atoms with Crippen LogP contribution in [-0.4, -0.2) is 12.6 Å². The molecule has 0 aliphatic rings. The molecule has 0 fully saturated rings. The van der Waals surface area contributed by atoms with E-state index in [9.17, 15) is 13.6 Å². The fourth-order valence-electron chi connectivity index (χ4n) is 0.258. The first kappa shape index (κ1) is 9.33. The summed E-state index contributed by atoms with van der Waals surface area (Å²) in [6, 6.07) is 0. The summed E-state index contributed by atoms with van der Waals surface area (Å²) < 4.78 is 26.4. The highest BCUT2D eigenvalue weighted by atomic mass is 19.3. The first-order valence-electron chi connectivity index (χ1n) is 2.83. The number of ether oxygens (including phenoxy) is 1. The molecule has 0 aromatic rings. The predicted molar refractivity (Wildman–Crippen MR) is 31.6 cm³/mol. The molecule has 2 nitrogen and oxygen atoms in total. The topological polar surface area (TPSA) is 26.3 Å². The summed E-state index contributed by atoms with van der Waals surface area (Å²) in [4.78, 5) is 10.6. The Hall–Kier alpha value is -0.670. The van der Waals surface area contributed by atoms with Crippen molar-refractivity contribution >= 4 is 5.97 Å². The predicted octanol–water partition coefficient (Wildman–Crippen LogP) is 1.80. The van der Waals surface area contributed by atoms with Crippen LogP contribution < -0.4 is 0 Å². The average molecular weight is 152 g/mol. The lowest BCUT2D eigenvalue weighted by molar-refractivity contribution is -0.185. The first-order valence-corrected chi connectivity index (χ1v) is 2.83. The number of rotatable bonds is 1. The van der Waals surface area contributed by atoms with E-state index in [4.69, 9.17) is 0 Å². The number of carbonyl (C=O) groups is 1. The summed E-state index contributed by atoms with van der Waals surface area (Å²) in [5, 5.41) is 0. The Morgan fingerprint density at radius 2 is 1.80 bits per heavy atom. The van der Waals surface area contributed by atoms with Crippen LogP contribution in [0.15, 0.2) is 0 Å². The second-order valence-electron chi connectivity index (χ2n) is 2.92. The number of alkyl halides is 2. The maximum atomic E-state index is 11.4. The van der Waals surface area contributed by atoms with Crippen LogP contribution in [0.1, 0.15) is 20.8 Å². The Balaban J connectivity index is 3.87. The number of esters is 1. The quantitative estimate of drug-likeness (QED) is 0.535. The van der Waals surface area contributed by atoms with E-state index in [0.717, 1.165) is 0 Å². The van der Waals surface area contributed by atoms with Crippen molar-refractivity contribution < 1.29 is 18.3 Å². The molecule has 0 aliphatic carbocycles. The van der Waals surface area contributed by atoms with Gasteiger partial charge in [-0.2, -0.15) is 8.78 Å². The number of carbonyl (C=O) groups excluding carboxylic acids is 1. The summed E-state index contributed by atoms with van der Waals surface area (Å²) in [5.41, 5.74) is -0.851. The van der Waals surface area contributed by atoms with Gasteiger partial charge in [0.25, 0.3) is 0 Å². The summed E-state index contributed by atoms with van der Waals surface area (Å²) in [6.45, 7) is 1.53. The van der Waals surface area contributed by atoms with Gasteiger partial charge >= 0.3 is 12.6 Å². The van der Waals surface area contributed by atoms with E-state index < -0.39 is 18.0 Å². The van der Waals surface area contributed by atoms with E-state index in [0.29, 0.717) is 0 Å². The molecule has 0 spiro atoms. The smallest absolute Gasteiger partial charge is 0.389 e. The van der Waals surface area contributed by atoms with Gasteiger partial charge < -0.3 is 4.74 Å². The third kappa shape index (κ3) is 3.37. The van der Waals surface area contributed by atoms with Gasteiger partial charge in [-0.1, -0.05) is 0 Å². The number of hydrogen-bond acceptors (Lipinski definition) is 2. The molecule has 0 bridgehead atoms. The lowest BCUT2D eigenvalue weighted by atomic mass is 9.98. The highest BCUT2D eigenvalue weighted by Gasteiger charge is 2.25. The molecule has 0 heterocycles. The van der Waals surface area contributed by atoms with Gasteiger partial charge in [-0.25, -0.2) is 0 Å². The largest absolute Gasteiger partial charge is 0.403 e. The molecule has 0 N–H and O–H groups in total. The van der Waals surface area contributed by atoms with Crippen LogP contribution in [0.5, 0.6) is 0 Å². The maximum absolute atomic E-state index is 11.4. The molecule has 60 valence electrons. The summed E-state index contributed by atoms with van der Waals surface area (Å²) in [7, 11) is 0. The van der Waals surface area contributed by atoms with Crippen molar-refractivity contribution in [3.05, 3.63) is 0 Å². The van der Waals surface area contributed by atoms with Crippen LogP contribution in [0.25, 0.3) is 0 Å². The van der Waals surface area contributed by atoms with Gasteiger partial charge in [-0.15, -0.1) is 0 Å². The fraction of sp³-hybridized carbons (Fsp3) is 0.833. The SMILES string of the molecule is CC(C)(C)C(=O)OC(F)F. The van der Waals surface area contributed by atoms with Gasteiger partial charge in [0.2, 0.25) is 0 Å². The van der Waals surface area contributed by atoms with Crippen LogP contribution in [-0.2, 0) is 9.53 Å². The monoisotopic (exact) mass is 152 g/mol. The van der Waals surface area contributed by atoms with Gasteiger partial charge in [0.1, 0.15) is 0 Å². The molecule has 0 saturated heterocycles. The molecule has 10 heavy (non-hydrogen) atoms. The Labute approximate surface area is 58.2 Å². The zero-order valence-corrected chi connectivity index (χ0v) is 6.15. The van der Waals surface area contributed by atoms with E-state index in [1.54, 1.807) is 0 Å². The summed E-state index contributed by atoms with van der Waals surface area (Å²) in [6.07, 6.45) is 0. The standard InChI is InChI=1S/C6H10F2O2/c1-6(2,3)4(9)10-5(7)8/h5H,1-3H3. The van der Waals surface area contributed by atoms with Crippen molar-refractivity contribution in [2.24, 2.45) is 5.41 Å². The minimum Gasteiger partial charge on any atom is -0.403 e. The Kier molecular flexibility index (Phi) is 2.75. The van der Waals surface area contributed by atoms with Crippen molar-refractivity contribution in [3.63, 3.8) is 0 Å². The molecule has 0 unspecified atom stereocenters. The van der Waals surface area contributed by atoms with E-state index in [2.05, 4.69) is 4.74 Å². The molecule has 0 radical (unpaired) electrons. The van der Waals surface area contributed by atoms with Gasteiger partial charge in [0, 0.05) is 0 Å². The molecule has 0 amide bonds. The Bertz CT molecular complexity index is 126. The lowest BCUT2D eigenvalue weighted by Gasteiger charge is -2.15. The molecule has 0 atom stereocenters. The summed E-state index contributed by atoms with van der Waals surface area (Å²) >= 11 is 0. The third-order valence-corrected chi connectivity index (χ3v) is 0.808. The van der Waals surface area contributed by atoms with E-state index in [1.807, 2.05) is 0 Å². The molecule has 0 aromatic heterocycles. The van der Waals surface area contributed by atoms with Gasteiger partial charge in [-0.3, -0.25) is 4.79 Å². The van der Waals surface area contributed by atoms with Crippen LogP contribution in [0.2, 0.25) is 0 Å². The average Bonchev–Trinajstić information content (AvgIpc) is 1.60. The van der Waals surface area contributed by atoms with Crippen LogP contribution in [0, 0.1) is 5.41 Å². The first-order chi connectivity index (χ1) is 4.34. The van der Waals surface area contributed by atoms with Gasteiger partial charge in [0.05, 0.1) is 5.41 Å².